The molecule has 0 aliphatic rings. The van der Waals surface area contributed by atoms with Crippen LogP contribution in [0.4, 0.5) is 4.39 Å². The van der Waals surface area contributed by atoms with E-state index in [2.05, 4.69) is 12.2 Å². The summed E-state index contributed by atoms with van der Waals surface area (Å²) in [5, 5.41) is 13.8. The first-order valence-corrected chi connectivity index (χ1v) is 6.19. The molecule has 0 aliphatic heterocycles. The number of hydrogen-bond donors (Lipinski definition) is 2. The fraction of sp³-hybridized carbons (Fsp3) is 0.538. The second-order valence-corrected chi connectivity index (χ2v) is 4.99. The van der Waals surface area contributed by atoms with Crippen molar-refractivity contribution in [1.82, 2.24) is 5.32 Å². The Morgan fingerprint density at radius 1 is 1.47 bits per heavy atom. The van der Waals surface area contributed by atoms with Crippen molar-refractivity contribution in [3.63, 3.8) is 0 Å². The van der Waals surface area contributed by atoms with Crippen LogP contribution in [0.1, 0.15) is 25.8 Å². The number of hydrogen-bond acceptors (Lipinski definition) is 2. The molecule has 96 valence electrons. The fourth-order valence-corrected chi connectivity index (χ4v) is 1.87. The molecule has 0 aliphatic carbocycles. The molecule has 0 saturated heterocycles. The Kier molecular flexibility index (Phi) is 5.37. The fourth-order valence-electron chi connectivity index (χ4n) is 1.69. The zero-order chi connectivity index (χ0) is 12.9. The van der Waals surface area contributed by atoms with Gasteiger partial charge in [-0.25, -0.2) is 4.39 Å². The van der Waals surface area contributed by atoms with Crippen LogP contribution in [0, 0.1) is 5.82 Å². The van der Waals surface area contributed by atoms with Gasteiger partial charge in [-0.3, -0.25) is 0 Å². The molecular weight excluding hydrogens is 241 g/mol. The van der Waals surface area contributed by atoms with Crippen LogP contribution in [0.5, 0.6) is 0 Å². The van der Waals surface area contributed by atoms with Gasteiger partial charge < -0.3 is 10.4 Å². The standard InChI is InChI=1S/C13H19ClFNO/c1-3-6-16-9-13(2,17)8-10-7-11(15)4-5-12(10)14/h4-5,7,16-17H,3,6,8-9H2,1-2H3. The Morgan fingerprint density at radius 2 is 2.18 bits per heavy atom. The molecule has 17 heavy (non-hydrogen) atoms. The van der Waals surface area contributed by atoms with Crippen LogP contribution in [-0.2, 0) is 6.42 Å². The summed E-state index contributed by atoms with van der Waals surface area (Å²) >= 11 is 5.97. The Hall–Kier alpha value is -0.640. The summed E-state index contributed by atoms with van der Waals surface area (Å²) in [7, 11) is 0. The van der Waals surface area contributed by atoms with Crippen LogP contribution in [0.15, 0.2) is 18.2 Å². The number of halogens is 2. The zero-order valence-electron chi connectivity index (χ0n) is 10.3. The Labute approximate surface area is 107 Å². The first-order valence-electron chi connectivity index (χ1n) is 5.81. The highest BCUT2D eigenvalue weighted by Gasteiger charge is 2.21. The van der Waals surface area contributed by atoms with Crippen LogP contribution in [0.25, 0.3) is 0 Å². The molecular formula is C13H19ClFNO. The number of aliphatic hydroxyl groups is 1. The smallest absolute Gasteiger partial charge is 0.123 e. The van der Waals surface area contributed by atoms with E-state index in [1.807, 2.05) is 0 Å². The minimum Gasteiger partial charge on any atom is -0.389 e. The SMILES string of the molecule is CCCNCC(C)(O)Cc1cc(F)ccc1Cl. The summed E-state index contributed by atoms with van der Waals surface area (Å²) in [6, 6.07) is 4.20. The maximum absolute atomic E-state index is 13.1. The van der Waals surface area contributed by atoms with Gasteiger partial charge in [-0.05, 0) is 43.7 Å². The molecule has 1 atom stereocenters. The van der Waals surface area contributed by atoms with Crippen molar-refractivity contribution in [3.8, 4) is 0 Å². The predicted molar refractivity (Wildman–Crippen MR) is 68.9 cm³/mol. The van der Waals surface area contributed by atoms with Crippen molar-refractivity contribution in [3.05, 3.63) is 34.6 Å². The molecule has 4 heteroatoms. The number of nitrogens with one attached hydrogen (secondary N) is 1. The zero-order valence-corrected chi connectivity index (χ0v) is 11.0. The molecule has 1 rings (SSSR count). The van der Waals surface area contributed by atoms with Gasteiger partial charge >= 0.3 is 0 Å². The third kappa shape index (κ3) is 5.02. The minimum absolute atomic E-state index is 0.332. The largest absolute Gasteiger partial charge is 0.389 e. The lowest BCUT2D eigenvalue weighted by Gasteiger charge is -2.24. The third-order valence-electron chi connectivity index (χ3n) is 2.51. The third-order valence-corrected chi connectivity index (χ3v) is 2.88. The summed E-state index contributed by atoms with van der Waals surface area (Å²) in [4.78, 5) is 0. The van der Waals surface area contributed by atoms with Crippen LogP contribution in [0.3, 0.4) is 0 Å². The molecule has 2 nitrogen and oxygen atoms in total. The van der Waals surface area contributed by atoms with E-state index in [1.165, 1.54) is 18.2 Å². The molecule has 0 heterocycles. The molecule has 0 fully saturated rings. The molecule has 0 bridgehead atoms. The second-order valence-electron chi connectivity index (χ2n) is 4.59. The Bertz CT molecular complexity index is 368. The van der Waals surface area contributed by atoms with E-state index < -0.39 is 5.60 Å². The highest BCUT2D eigenvalue weighted by Crippen LogP contribution is 2.22. The van der Waals surface area contributed by atoms with Gasteiger partial charge in [0.2, 0.25) is 0 Å². The van der Waals surface area contributed by atoms with Crippen molar-refractivity contribution >= 4 is 11.6 Å². The molecule has 0 spiro atoms. The monoisotopic (exact) mass is 259 g/mol. The lowest BCUT2D eigenvalue weighted by atomic mass is 9.96. The van der Waals surface area contributed by atoms with E-state index in [-0.39, 0.29) is 5.82 Å². The van der Waals surface area contributed by atoms with E-state index >= 15 is 0 Å². The molecule has 2 N–H and O–H groups in total. The van der Waals surface area contributed by atoms with Gasteiger partial charge in [0, 0.05) is 18.0 Å². The van der Waals surface area contributed by atoms with E-state index in [0.29, 0.717) is 23.6 Å². The predicted octanol–water partition coefficient (Wildman–Crippen LogP) is 2.77. The van der Waals surface area contributed by atoms with Crippen LogP contribution in [0.2, 0.25) is 5.02 Å². The van der Waals surface area contributed by atoms with Crippen LogP contribution < -0.4 is 5.32 Å². The van der Waals surface area contributed by atoms with Crippen molar-refractivity contribution in [1.29, 1.82) is 0 Å². The van der Waals surface area contributed by atoms with Crippen molar-refractivity contribution in [2.75, 3.05) is 13.1 Å². The van der Waals surface area contributed by atoms with E-state index in [1.54, 1.807) is 6.92 Å². The molecule has 1 aromatic rings. The average Bonchev–Trinajstić information content (AvgIpc) is 2.23. The van der Waals surface area contributed by atoms with Crippen LogP contribution >= 0.6 is 11.6 Å². The first kappa shape index (κ1) is 14.4. The maximum atomic E-state index is 13.1. The van der Waals surface area contributed by atoms with Crippen molar-refractivity contribution in [2.24, 2.45) is 0 Å². The van der Waals surface area contributed by atoms with Crippen molar-refractivity contribution in [2.45, 2.75) is 32.3 Å². The van der Waals surface area contributed by atoms with Gasteiger partial charge in [0.15, 0.2) is 0 Å². The molecule has 0 radical (unpaired) electrons. The maximum Gasteiger partial charge on any atom is 0.123 e. The summed E-state index contributed by atoms with van der Waals surface area (Å²) in [5.74, 6) is -0.332. The van der Waals surface area contributed by atoms with Gasteiger partial charge in [0.1, 0.15) is 5.82 Å². The van der Waals surface area contributed by atoms with Gasteiger partial charge in [-0.2, -0.15) is 0 Å². The van der Waals surface area contributed by atoms with E-state index in [9.17, 15) is 9.50 Å². The van der Waals surface area contributed by atoms with Gasteiger partial charge in [-0.15, -0.1) is 0 Å². The summed E-state index contributed by atoms with van der Waals surface area (Å²) in [6.07, 6.45) is 1.34. The topological polar surface area (TPSA) is 32.3 Å². The highest BCUT2D eigenvalue weighted by molar-refractivity contribution is 6.31. The summed E-state index contributed by atoms with van der Waals surface area (Å²) in [5.41, 5.74) is -0.290. The minimum atomic E-state index is -0.924. The van der Waals surface area contributed by atoms with E-state index in [4.69, 9.17) is 11.6 Å². The summed E-state index contributed by atoms with van der Waals surface area (Å²) in [6.45, 7) is 5.10. The Morgan fingerprint density at radius 3 is 2.82 bits per heavy atom. The molecule has 0 saturated carbocycles. The number of benzene rings is 1. The first-order chi connectivity index (χ1) is 7.94. The lowest BCUT2D eigenvalue weighted by Crippen LogP contribution is -2.40. The highest BCUT2D eigenvalue weighted by atomic mass is 35.5. The average molecular weight is 260 g/mol. The van der Waals surface area contributed by atoms with Gasteiger partial charge in [0.05, 0.1) is 5.60 Å². The van der Waals surface area contributed by atoms with E-state index in [0.717, 1.165) is 13.0 Å². The second kappa shape index (κ2) is 6.34. The van der Waals surface area contributed by atoms with Crippen molar-refractivity contribution < 1.29 is 9.50 Å². The lowest BCUT2D eigenvalue weighted by molar-refractivity contribution is 0.0603. The Balaban J connectivity index is 2.65. The van der Waals surface area contributed by atoms with Gasteiger partial charge in [-0.1, -0.05) is 18.5 Å². The van der Waals surface area contributed by atoms with Gasteiger partial charge in [0.25, 0.3) is 0 Å². The quantitative estimate of drug-likeness (QED) is 0.770. The molecule has 0 aromatic heterocycles. The molecule has 1 aromatic carbocycles. The number of rotatable bonds is 6. The normalized spacial score (nSPS) is 14.6. The van der Waals surface area contributed by atoms with Crippen LogP contribution in [-0.4, -0.2) is 23.8 Å². The summed E-state index contributed by atoms with van der Waals surface area (Å²) < 4.78 is 13.1. The molecule has 0 amide bonds. The molecule has 1 unspecified atom stereocenters.